The SMILES string of the molecule is COc1nn(C)cc1-c1cc(O[C@H]2COC[C@@H]2O)c2c(Nc3ccc4ncsc4c3)ncnc2c1. The van der Waals surface area contributed by atoms with Crippen molar-refractivity contribution in [1.82, 2.24) is 24.7 Å². The van der Waals surface area contributed by atoms with Gasteiger partial charge >= 0.3 is 0 Å². The van der Waals surface area contributed by atoms with Gasteiger partial charge in [-0.25, -0.2) is 15.0 Å². The number of ether oxygens (including phenoxy) is 3. The molecule has 0 amide bonds. The van der Waals surface area contributed by atoms with Crippen LogP contribution in [0, 0.1) is 0 Å². The molecule has 0 unspecified atom stereocenters. The number of nitrogens with one attached hydrogen (secondary N) is 1. The third-order valence-electron chi connectivity index (χ3n) is 5.87. The second kappa shape index (κ2) is 8.77. The third-order valence-corrected chi connectivity index (χ3v) is 6.67. The summed E-state index contributed by atoms with van der Waals surface area (Å²) in [5.41, 5.74) is 5.94. The molecular weight excluding hydrogens is 468 g/mol. The molecule has 2 atom stereocenters. The fourth-order valence-corrected chi connectivity index (χ4v) is 4.90. The van der Waals surface area contributed by atoms with Gasteiger partial charge < -0.3 is 24.6 Å². The quantitative estimate of drug-likeness (QED) is 0.369. The highest BCUT2D eigenvalue weighted by atomic mass is 32.1. The lowest BCUT2D eigenvalue weighted by Gasteiger charge is -2.19. The van der Waals surface area contributed by atoms with E-state index in [1.54, 1.807) is 23.1 Å². The standard InChI is InChI=1S/C24H22N6O4S/c1-30-8-15(24(29-30)32-2)13-5-17-22(19(6-13)34-20-10-33-9-18(20)31)23(26-11-25-17)28-14-3-4-16-21(7-14)35-12-27-16/h3-8,11-12,18,20,31H,9-10H2,1-2H3,(H,25,26,28)/t18-,20-/m0/s1. The molecule has 0 aliphatic carbocycles. The summed E-state index contributed by atoms with van der Waals surface area (Å²) in [6.45, 7) is 0.525. The van der Waals surface area contributed by atoms with E-state index < -0.39 is 12.2 Å². The highest BCUT2D eigenvalue weighted by Gasteiger charge is 2.29. The summed E-state index contributed by atoms with van der Waals surface area (Å²) in [7, 11) is 3.42. The maximum absolute atomic E-state index is 10.3. The normalized spacial score (nSPS) is 17.8. The van der Waals surface area contributed by atoms with Gasteiger partial charge in [0.25, 0.3) is 0 Å². The van der Waals surface area contributed by atoms with E-state index >= 15 is 0 Å². The maximum atomic E-state index is 10.3. The van der Waals surface area contributed by atoms with Crippen molar-refractivity contribution in [3.63, 3.8) is 0 Å². The first-order chi connectivity index (χ1) is 17.1. The molecule has 1 saturated heterocycles. The number of anilines is 2. The van der Waals surface area contributed by atoms with E-state index in [1.807, 2.05) is 49.1 Å². The molecule has 0 radical (unpaired) electrons. The molecule has 35 heavy (non-hydrogen) atoms. The van der Waals surface area contributed by atoms with Gasteiger partial charge in [0.05, 0.1) is 52.5 Å². The molecule has 0 bridgehead atoms. The second-order valence-electron chi connectivity index (χ2n) is 8.24. The summed E-state index contributed by atoms with van der Waals surface area (Å²) in [6.07, 6.45) is 2.15. The first-order valence-corrected chi connectivity index (χ1v) is 11.9. The highest BCUT2D eigenvalue weighted by molar-refractivity contribution is 7.16. The van der Waals surface area contributed by atoms with Crippen LogP contribution in [-0.2, 0) is 11.8 Å². The van der Waals surface area contributed by atoms with Gasteiger partial charge in [-0.15, -0.1) is 16.4 Å². The minimum absolute atomic E-state index is 0.231. The zero-order chi connectivity index (χ0) is 23.9. The largest absolute Gasteiger partial charge is 0.484 e. The number of hydrogen-bond donors (Lipinski definition) is 2. The number of aliphatic hydroxyl groups is 1. The van der Waals surface area contributed by atoms with Crippen LogP contribution >= 0.6 is 11.3 Å². The summed E-state index contributed by atoms with van der Waals surface area (Å²) >= 11 is 1.58. The average Bonchev–Trinajstić information content (AvgIpc) is 3.58. The van der Waals surface area contributed by atoms with Crippen LogP contribution in [-0.4, -0.2) is 62.4 Å². The predicted molar refractivity (Wildman–Crippen MR) is 132 cm³/mol. The van der Waals surface area contributed by atoms with Crippen LogP contribution in [0.15, 0.2) is 48.4 Å². The molecule has 4 heterocycles. The summed E-state index contributed by atoms with van der Waals surface area (Å²) < 4.78 is 20.0. The van der Waals surface area contributed by atoms with Crippen molar-refractivity contribution in [2.75, 3.05) is 25.6 Å². The Kier molecular flexibility index (Phi) is 5.44. The van der Waals surface area contributed by atoms with Gasteiger partial charge in [0.15, 0.2) is 0 Å². The van der Waals surface area contributed by atoms with Crippen LogP contribution < -0.4 is 14.8 Å². The van der Waals surface area contributed by atoms with Crippen LogP contribution in [0.4, 0.5) is 11.5 Å². The molecule has 5 aromatic rings. The van der Waals surface area contributed by atoms with Crippen molar-refractivity contribution in [3.8, 4) is 22.8 Å². The van der Waals surface area contributed by atoms with Gasteiger partial charge in [-0.3, -0.25) is 4.68 Å². The van der Waals surface area contributed by atoms with E-state index in [4.69, 9.17) is 14.2 Å². The molecule has 178 valence electrons. The van der Waals surface area contributed by atoms with E-state index in [9.17, 15) is 5.11 Å². The van der Waals surface area contributed by atoms with E-state index in [2.05, 4.69) is 25.4 Å². The van der Waals surface area contributed by atoms with Gasteiger partial charge in [0, 0.05) is 18.9 Å². The molecule has 1 aliphatic rings. The Hall–Kier alpha value is -3.80. The van der Waals surface area contributed by atoms with Gasteiger partial charge in [-0.1, -0.05) is 0 Å². The van der Waals surface area contributed by atoms with Gasteiger partial charge in [-0.05, 0) is 35.9 Å². The van der Waals surface area contributed by atoms with Crippen molar-refractivity contribution in [2.24, 2.45) is 7.05 Å². The molecule has 0 saturated carbocycles. The van der Waals surface area contributed by atoms with Crippen molar-refractivity contribution in [1.29, 1.82) is 0 Å². The summed E-state index contributed by atoms with van der Waals surface area (Å²) in [4.78, 5) is 13.4. The Labute approximate surface area is 204 Å². The molecule has 2 N–H and O–H groups in total. The van der Waals surface area contributed by atoms with E-state index in [-0.39, 0.29) is 6.61 Å². The first-order valence-electron chi connectivity index (χ1n) is 11.0. The minimum Gasteiger partial charge on any atom is -0.484 e. The molecule has 1 aliphatic heterocycles. The lowest BCUT2D eigenvalue weighted by atomic mass is 10.0. The van der Waals surface area contributed by atoms with Crippen LogP contribution in [0.25, 0.3) is 32.2 Å². The van der Waals surface area contributed by atoms with Gasteiger partial charge in [0.2, 0.25) is 5.88 Å². The van der Waals surface area contributed by atoms with Gasteiger partial charge in [-0.2, -0.15) is 0 Å². The molecular formula is C24H22N6O4S. The van der Waals surface area contributed by atoms with Crippen LogP contribution in [0.3, 0.4) is 0 Å². The van der Waals surface area contributed by atoms with Crippen molar-refractivity contribution in [3.05, 3.63) is 48.4 Å². The molecule has 3 aromatic heterocycles. The smallest absolute Gasteiger partial charge is 0.240 e. The molecule has 2 aromatic carbocycles. The number of fused-ring (bicyclic) bond motifs is 2. The van der Waals surface area contributed by atoms with Gasteiger partial charge in [0.1, 0.15) is 30.1 Å². The number of nitrogens with zero attached hydrogens (tertiary/aromatic N) is 5. The zero-order valence-corrected chi connectivity index (χ0v) is 19.8. The zero-order valence-electron chi connectivity index (χ0n) is 19.0. The Morgan fingerprint density at radius 1 is 1.14 bits per heavy atom. The highest BCUT2D eigenvalue weighted by Crippen LogP contribution is 2.39. The summed E-state index contributed by atoms with van der Waals surface area (Å²) in [5.74, 6) is 1.61. The van der Waals surface area contributed by atoms with E-state index in [1.165, 1.54) is 6.33 Å². The third kappa shape index (κ3) is 4.03. The topological polar surface area (TPSA) is 116 Å². The number of aromatic nitrogens is 5. The maximum Gasteiger partial charge on any atom is 0.240 e. The van der Waals surface area contributed by atoms with E-state index in [0.717, 1.165) is 27.0 Å². The first kappa shape index (κ1) is 21.7. The van der Waals surface area contributed by atoms with Crippen molar-refractivity contribution in [2.45, 2.75) is 12.2 Å². The van der Waals surface area contributed by atoms with Crippen LogP contribution in [0.5, 0.6) is 11.6 Å². The summed E-state index contributed by atoms with van der Waals surface area (Å²) in [6, 6.07) is 9.80. The lowest BCUT2D eigenvalue weighted by Crippen LogP contribution is -2.29. The van der Waals surface area contributed by atoms with Crippen LogP contribution in [0.2, 0.25) is 0 Å². The minimum atomic E-state index is -0.726. The lowest BCUT2D eigenvalue weighted by molar-refractivity contribution is 0.0743. The summed E-state index contributed by atoms with van der Waals surface area (Å²) in [5, 5.41) is 18.8. The number of thiazole rings is 1. The number of aliphatic hydroxyl groups excluding tert-OH is 1. The number of benzene rings is 2. The number of rotatable bonds is 6. The monoisotopic (exact) mass is 490 g/mol. The Balaban J connectivity index is 1.49. The fraction of sp³-hybridized carbons (Fsp3) is 0.250. The van der Waals surface area contributed by atoms with Crippen molar-refractivity contribution < 1.29 is 19.3 Å². The molecule has 11 heteroatoms. The molecule has 6 rings (SSSR count). The molecule has 10 nitrogen and oxygen atoms in total. The number of hydrogen-bond acceptors (Lipinski definition) is 10. The Bertz CT molecular complexity index is 1530. The predicted octanol–water partition coefficient (Wildman–Crippen LogP) is 3.53. The Morgan fingerprint density at radius 2 is 2.06 bits per heavy atom. The molecule has 1 fully saturated rings. The molecule has 0 spiro atoms. The number of methoxy groups -OCH3 is 1. The second-order valence-corrected chi connectivity index (χ2v) is 9.12. The van der Waals surface area contributed by atoms with Crippen molar-refractivity contribution >= 4 is 44.0 Å². The van der Waals surface area contributed by atoms with E-state index in [0.29, 0.717) is 35.0 Å². The number of aryl methyl sites for hydroxylation is 1. The Morgan fingerprint density at radius 3 is 2.89 bits per heavy atom. The van der Waals surface area contributed by atoms with Crippen LogP contribution in [0.1, 0.15) is 0 Å². The average molecular weight is 491 g/mol. The fourth-order valence-electron chi connectivity index (χ4n) is 4.18.